The maximum atomic E-state index is 2.29. The fraction of sp³-hybridized carbons (Fsp3) is 0.750. The molecule has 0 spiro atoms. The largest absolute Gasteiger partial charge is 0.152 e. The Bertz CT molecular complexity index is 530. The van der Waals surface area contributed by atoms with Crippen LogP contribution in [-0.4, -0.2) is 0 Å². The molecule has 0 amide bonds. The second-order valence-corrected chi connectivity index (χ2v) is 11.7. The Morgan fingerprint density at radius 1 is 0.412 bits per heavy atom. The van der Waals surface area contributed by atoms with Gasteiger partial charge in [-0.15, -0.1) is 0 Å². The van der Waals surface area contributed by atoms with Crippen molar-refractivity contribution in [2.75, 3.05) is 0 Å². The summed E-state index contributed by atoms with van der Waals surface area (Å²) in [7, 11) is 0. The molecular formula is C32H56S2. The summed E-state index contributed by atoms with van der Waals surface area (Å²) in [5.74, 6) is 0. The third kappa shape index (κ3) is 20.7. The Morgan fingerprint density at radius 2 is 0.706 bits per heavy atom. The van der Waals surface area contributed by atoms with E-state index in [2.05, 4.69) is 47.5 Å². The van der Waals surface area contributed by atoms with Crippen molar-refractivity contribution in [3.8, 4) is 0 Å². The van der Waals surface area contributed by atoms with Gasteiger partial charge in [-0.05, 0) is 70.5 Å². The summed E-state index contributed by atoms with van der Waals surface area (Å²) in [4.78, 5) is 0. The minimum atomic E-state index is 1.29. The summed E-state index contributed by atoms with van der Waals surface area (Å²) in [5.41, 5.74) is 3.07. The SMILES string of the molecule is CCCCCCCCCCCCc1ccsc1.CCCCCCCCCCCCc1ccsc1. The van der Waals surface area contributed by atoms with Crippen LogP contribution >= 0.6 is 22.7 Å². The number of rotatable bonds is 22. The smallest absolute Gasteiger partial charge is 0.00613 e. The summed E-state index contributed by atoms with van der Waals surface area (Å²) in [6.45, 7) is 4.57. The van der Waals surface area contributed by atoms with Gasteiger partial charge in [-0.3, -0.25) is 0 Å². The van der Waals surface area contributed by atoms with Crippen LogP contribution in [0.4, 0.5) is 0 Å². The quantitative estimate of drug-likeness (QED) is 0.140. The number of unbranched alkanes of at least 4 members (excludes halogenated alkanes) is 18. The molecule has 0 atom stereocenters. The lowest BCUT2D eigenvalue weighted by atomic mass is 10.0. The van der Waals surface area contributed by atoms with Crippen molar-refractivity contribution in [3.63, 3.8) is 0 Å². The van der Waals surface area contributed by atoms with Gasteiger partial charge in [0.05, 0.1) is 0 Å². The molecule has 0 nitrogen and oxygen atoms in total. The van der Waals surface area contributed by atoms with Gasteiger partial charge in [-0.1, -0.05) is 129 Å². The molecule has 2 rings (SSSR count). The lowest BCUT2D eigenvalue weighted by molar-refractivity contribution is 0.556. The first-order chi connectivity index (χ1) is 16.9. The third-order valence-corrected chi connectivity index (χ3v) is 8.26. The topological polar surface area (TPSA) is 0 Å². The monoisotopic (exact) mass is 504 g/mol. The highest BCUT2D eigenvalue weighted by molar-refractivity contribution is 7.08. The Hall–Kier alpha value is -0.600. The molecule has 2 heteroatoms. The molecule has 0 aromatic carbocycles. The van der Waals surface area contributed by atoms with Crippen LogP contribution in [0.3, 0.4) is 0 Å². The first-order valence-corrected chi connectivity index (χ1v) is 16.8. The fourth-order valence-corrected chi connectivity index (χ4v) is 5.91. The highest BCUT2D eigenvalue weighted by Gasteiger charge is 1.96. The Kier molecular flexibility index (Phi) is 23.6. The zero-order chi connectivity index (χ0) is 24.4. The average molecular weight is 505 g/mol. The van der Waals surface area contributed by atoms with Crippen molar-refractivity contribution in [1.29, 1.82) is 0 Å². The average Bonchev–Trinajstić information content (AvgIpc) is 3.56. The van der Waals surface area contributed by atoms with Crippen molar-refractivity contribution in [1.82, 2.24) is 0 Å². The molecule has 2 aromatic rings. The van der Waals surface area contributed by atoms with Crippen LogP contribution in [0.2, 0.25) is 0 Å². The normalized spacial score (nSPS) is 10.9. The molecule has 0 fully saturated rings. The molecule has 0 aliphatic rings. The van der Waals surface area contributed by atoms with E-state index >= 15 is 0 Å². The fourth-order valence-electron chi connectivity index (χ4n) is 4.50. The molecule has 0 aliphatic heterocycles. The van der Waals surface area contributed by atoms with Crippen LogP contribution in [0.1, 0.15) is 153 Å². The molecule has 0 N–H and O–H groups in total. The molecule has 2 heterocycles. The molecule has 0 saturated heterocycles. The van der Waals surface area contributed by atoms with Gasteiger partial charge in [0, 0.05) is 0 Å². The highest BCUT2D eigenvalue weighted by Crippen LogP contribution is 2.15. The first-order valence-electron chi connectivity index (χ1n) is 14.9. The van der Waals surface area contributed by atoms with Crippen LogP contribution in [0.5, 0.6) is 0 Å². The Morgan fingerprint density at radius 3 is 0.971 bits per heavy atom. The molecule has 2 aromatic heterocycles. The number of thiophene rings is 2. The van der Waals surface area contributed by atoms with Crippen molar-refractivity contribution in [2.45, 2.75) is 155 Å². The van der Waals surface area contributed by atoms with Gasteiger partial charge in [0.15, 0.2) is 0 Å². The van der Waals surface area contributed by atoms with E-state index in [9.17, 15) is 0 Å². The van der Waals surface area contributed by atoms with Gasteiger partial charge in [0.25, 0.3) is 0 Å². The van der Waals surface area contributed by atoms with E-state index in [0.717, 1.165) is 0 Å². The zero-order valence-corrected chi connectivity index (χ0v) is 24.5. The maximum absolute atomic E-state index is 2.29. The number of hydrogen-bond donors (Lipinski definition) is 0. The summed E-state index contributed by atoms with van der Waals surface area (Å²) in [6.07, 6.45) is 31.2. The lowest BCUT2D eigenvalue weighted by Gasteiger charge is -2.01. The van der Waals surface area contributed by atoms with Crippen LogP contribution in [0, 0.1) is 0 Å². The van der Waals surface area contributed by atoms with Gasteiger partial charge in [-0.25, -0.2) is 0 Å². The molecule has 0 saturated carbocycles. The van der Waals surface area contributed by atoms with Crippen molar-refractivity contribution in [2.24, 2.45) is 0 Å². The van der Waals surface area contributed by atoms with Crippen molar-refractivity contribution >= 4 is 22.7 Å². The first kappa shape index (κ1) is 31.4. The second-order valence-electron chi connectivity index (χ2n) is 10.1. The summed E-state index contributed by atoms with van der Waals surface area (Å²) < 4.78 is 0. The number of aryl methyl sites for hydroxylation is 2. The maximum Gasteiger partial charge on any atom is -0.00613 e. The summed E-state index contributed by atoms with van der Waals surface area (Å²) >= 11 is 3.64. The van der Waals surface area contributed by atoms with Crippen LogP contribution in [0.15, 0.2) is 33.7 Å². The summed E-state index contributed by atoms with van der Waals surface area (Å²) in [6, 6.07) is 4.52. The highest BCUT2D eigenvalue weighted by atomic mass is 32.1. The predicted molar refractivity (Wildman–Crippen MR) is 160 cm³/mol. The van der Waals surface area contributed by atoms with Gasteiger partial charge < -0.3 is 0 Å². The predicted octanol–water partition coefficient (Wildman–Crippen LogP) is 12.4. The Balaban J connectivity index is 0.000000340. The Labute approximate surface area is 222 Å². The molecule has 0 aliphatic carbocycles. The van der Waals surface area contributed by atoms with Crippen LogP contribution in [0.25, 0.3) is 0 Å². The molecular weight excluding hydrogens is 448 g/mol. The molecule has 0 unspecified atom stereocenters. The molecule has 0 radical (unpaired) electrons. The van der Waals surface area contributed by atoms with Crippen molar-refractivity contribution in [3.05, 3.63) is 44.8 Å². The van der Waals surface area contributed by atoms with E-state index in [-0.39, 0.29) is 0 Å². The van der Waals surface area contributed by atoms with E-state index in [0.29, 0.717) is 0 Å². The molecule has 0 bridgehead atoms. The molecule has 196 valence electrons. The van der Waals surface area contributed by atoms with E-state index in [1.54, 1.807) is 0 Å². The zero-order valence-electron chi connectivity index (χ0n) is 22.8. The van der Waals surface area contributed by atoms with E-state index in [4.69, 9.17) is 0 Å². The van der Waals surface area contributed by atoms with E-state index in [1.165, 1.54) is 152 Å². The minimum Gasteiger partial charge on any atom is -0.152 e. The van der Waals surface area contributed by atoms with Crippen molar-refractivity contribution < 1.29 is 0 Å². The standard InChI is InChI=1S/2C16H28S/c2*1-2-3-4-5-6-7-8-9-10-11-12-16-13-14-17-15-16/h2*13-15H,2-12H2,1H3. The van der Waals surface area contributed by atoms with Crippen LogP contribution in [-0.2, 0) is 12.8 Å². The lowest BCUT2D eigenvalue weighted by Crippen LogP contribution is -1.84. The summed E-state index contributed by atoms with van der Waals surface area (Å²) in [5, 5.41) is 8.94. The third-order valence-electron chi connectivity index (χ3n) is 6.80. The minimum absolute atomic E-state index is 1.29. The van der Waals surface area contributed by atoms with E-state index in [1.807, 2.05) is 22.7 Å². The molecule has 34 heavy (non-hydrogen) atoms. The van der Waals surface area contributed by atoms with Gasteiger partial charge in [-0.2, -0.15) is 22.7 Å². The van der Waals surface area contributed by atoms with Crippen LogP contribution < -0.4 is 0 Å². The van der Waals surface area contributed by atoms with Gasteiger partial charge in [0.2, 0.25) is 0 Å². The number of hydrogen-bond acceptors (Lipinski definition) is 2. The van der Waals surface area contributed by atoms with Gasteiger partial charge in [0.1, 0.15) is 0 Å². The van der Waals surface area contributed by atoms with Gasteiger partial charge >= 0.3 is 0 Å². The van der Waals surface area contributed by atoms with E-state index < -0.39 is 0 Å². The second kappa shape index (κ2) is 25.5.